The van der Waals surface area contributed by atoms with Crippen LogP contribution in [0, 0.1) is 0 Å². The van der Waals surface area contributed by atoms with Crippen molar-refractivity contribution in [1.29, 1.82) is 0 Å². The third kappa shape index (κ3) is 18.5. The minimum absolute atomic E-state index is 0. The number of hydrogen-bond acceptors (Lipinski definition) is 7. The van der Waals surface area contributed by atoms with Gasteiger partial charge < -0.3 is 60.8 Å². The zero-order valence-corrected chi connectivity index (χ0v) is 10.5. The maximum absolute atomic E-state index is 10.3. The molecule has 20 heavy (non-hydrogen) atoms. The number of carboxylic acids is 3. The van der Waals surface area contributed by atoms with E-state index in [-0.39, 0.29) is 40.4 Å². The quantitative estimate of drug-likeness (QED) is 0.257. The molecule has 0 heterocycles. The lowest BCUT2D eigenvalue weighted by molar-refractivity contribution is -0.170. The topological polar surface area (TPSA) is 363 Å². The third-order valence-electron chi connectivity index (χ3n) is 1.29. The van der Waals surface area contributed by atoms with E-state index < -0.39 is 36.4 Å². The summed E-state index contributed by atoms with van der Waals surface area (Å²) in [5.41, 5.74) is -2.74. The molecule has 0 aromatic rings. The van der Waals surface area contributed by atoms with Gasteiger partial charge in [0.2, 0.25) is 0 Å². The van der Waals surface area contributed by atoms with Gasteiger partial charge in [-0.2, -0.15) is 0 Å². The van der Waals surface area contributed by atoms with E-state index in [4.69, 9.17) is 20.4 Å². The number of carboxylic acid groups (broad SMARTS) is 3. The summed E-state index contributed by atoms with van der Waals surface area (Å²) in [7, 11) is 0. The first kappa shape index (κ1) is 51.9. The fraction of sp³-hybridized carbons (Fsp3) is 0.500. The monoisotopic (exact) mass is 315 g/mol. The van der Waals surface area contributed by atoms with E-state index in [0.29, 0.717) is 0 Å². The molecule has 0 aromatic heterocycles. The standard InChI is InChI=1S/C6H8O7.3H3N.4H2O/c7-3(8)1-6(13,5(11)12)2-4(9)10;;;;;;;/h13H,1-2H2,(H,7,8)(H,9,10)(H,11,12);3*1H3;4*1H2. The molecule has 0 saturated heterocycles. The fourth-order valence-corrected chi connectivity index (χ4v) is 0.714. The minimum Gasteiger partial charge on any atom is -0.481 e. The maximum atomic E-state index is 10.3. The van der Waals surface area contributed by atoms with Crippen molar-refractivity contribution in [2.24, 2.45) is 0 Å². The number of hydrogen-bond donors (Lipinski definition) is 7. The second kappa shape index (κ2) is 19.4. The molecule has 0 rings (SSSR count). The fourth-order valence-electron chi connectivity index (χ4n) is 0.714. The molecule has 0 aliphatic heterocycles. The molecule has 14 nitrogen and oxygen atoms in total. The molecule has 0 spiro atoms. The second-order valence-electron chi connectivity index (χ2n) is 2.48. The maximum Gasteiger partial charge on any atom is 0.336 e. The summed E-state index contributed by atoms with van der Waals surface area (Å²) < 4.78 is 0. The van der Waals surface area contributed by atoms with E-state index in [1.807, 2.05) is 0 Å². The van der Waals surface area contributed by atoms with Gasteiger partial charge in [0.1, 0.15) is 0 Å². The van der Waals surface area contributed by atoms with Crippen LogP contribution in [0.2, 0.25) is 0 Å². The van der Waals surface area contributed by atoms with E-state index in [1.165, 1.54) is 0 Å². The Morgan fingerprint density at radius 1 is 0.700 bits per heavy atom. The van der Waals surface area contributed by atoms with E-state index in [1.54, 1.807) is 0 Å². The van der Waals surface area contributed by atoms with Crippen LogP contribution in [0.25, 0.3) is 0 Å². The highest BCUT2D eigenvalue weighted by Crippen LogP contribution is 2.15. The van der Waals surface area contributed by atoms with Crippen LogP contribution in [-0.2, 0) is 14.4 Å². The Morgan fingerprint density at radius 2 is 0.900 bits per heavy atom. The predicted octanol–water partition coefficient (Wildman–Crippen LogP) is -4.06. The average Bonchev–Trinajstić information content (AvgIpc) is 1.82. The molecule has 14 heteroatoms. The van der Waals surface area contributed by atoms with Gasteiger partial charge in [0.25, 0.3) is 0 Å². The van der Waals surface area contributed by atoms with Crippen molar-refractivity contribution in [2.45, 2.75) is 18.4 Å². The molecule has 21 N–H and O–H groups in total. The van der Waals surface area contributed by atoms with Crippen molar-refractivity contribution in [3.05, 3.63) is 0 Å². The summed E-state index contributed by atoms with van der Waals surface area (Å²) in [5.74, 6) is -5.02. The molecule has 130 valence electrons. The van der Waals surface area contributed by atoms with Gasteiger partial charge in [-0.25, -0.2) is 4.79 Å². The Balaban J connectivity index is -0.0000000343. The van der Waals surface area contributed by atoms with Gasteiger partial charge in [-0.1, -0.05) is 0 Å². The van der Waals surface area contributed by atoms with Gasteiger partial charge in [-0.05, 0) is 0 Å². The van der Waals surface area contributed by atoms with Crippen molar-refractivity contribution >= 4 is 17.9 Å². The zero-order valence-electron chi connectivity index (χ0n) is 10.5. The Labute approximate surface area is 113 Å². The third-order valence-corrected chi connectivity index (χ3v) is 1.29. The van der Waals surface area contributed by atoms with E-state index in [0.717, 1.165) is 0 Å². The average molecular weight is 315 g/mol. The Bertz CT molecular complexity index is 243. The van der Waals surface area contributed by atoms with Gasteiger partial charge in [0, 0.05) is 0 Å². The van der Waals surface area contributed by atoms with Gasteiger partial charge >= 0.3 is 17.9 Å². The first-order valence-corrected chi connectivity index (χ1v) is 3.17. The van der Waals surface area contributed by atoms with Crippen LogP contribution in [0.15, 0.2) is 0 Å². The van der Waals surface area contributed by atoms with Gasteiger partial charge in [-0.3, -0.25) is 9.59 Å². The van der Waals surface area contributed by atoms with Crippen LogP contribution in [0.4, 0.5) is 0 Å². The molecular formula is C6H25N3O11. The number of aliphatic carboxylic acids is 3. The molecule has 0 fully saturated rings. The van der Waals surface area contributed by atoms with Crippen LogP contribution in [0.1, 0.15) is 12.8 Å². The lowest BCUT2D eigenvalue weighted by Gasteiger charge is -2.18. The lowest BCUT2D eigenvalue weighted by atomic mass is 9.96. The highest BCUT2D eigenvalue weighted by Gasteiger charge is 2.40. The number of carbonyl (C=O) groups is 3. The van der Waals surface area contributed by atoms with Crippen LogP contribution in [0.3, 0.4) is 0 Å². The van der Waals surface area contributed by atoms with Crippen LogP contribution in [-0.4, -0.2) is 65.8 Å². The van der Waals surface area contributed by atoms with Crippen molar-refractivity contribution in [1.82, 2.24) is 18.5 Å². The molecule has 0 saturated carbocycles. The molecule has 0 atom stereocenters. The van der Waals surface area contributed by atoms with Crippen LogP contribution >= 0.6 is 0 Å². The van der Waals surface area contributed by atoms with Gasteiger partial charge in [0.15, 0.2) is 5.60 Å². The van der Waals surface area contributed by atoms with Crippen molar-refractivity contribution in [3.8, 4) is 0 Å². The van der Waals surface area contributed by atoms with Crippen LogP contribution < -0.4 is 18.5 Å². The zero-order chi connectivity index (χ0) is 10.6. The summed E-state index contributed by atoms with van der Waals surface area (Å²) in [4.78, 5) is 30.5. The summed E-state index contributed by atoms with van der Waals surface area (Å²) in [6.45, 7) is 0. The summed E-state index contributed by atoms with van der Waals surface area (Å²) in [6.07, 6.45) is -2.29. The Hall–Kier alpha value is -1.91. The first-order valence-electron chi connectivity index (χ1n) is 3.17. The number of rotatable bonds is 5. The predicted molar refractivity (Wildman–Crippen MR) is 66.6 cm³/mol. The Kier molecular flexibility index (Phi) is 50.4. The molecular weight excluding hydrogens is 290 g/mol. The molecule has 0 unspecified atom stereocenters. The largest absolute Gasteiger partial charge is 0.481 e. The highest BCUT2D eigenvalue weighted by molar-refractivity contribution is 5.88. The van der Waals surface area contributed by atoms with Gasteiger partial charge in [0.05, 0.1) is 12.8 Å². The molecule has 0 aliphatic carbocycles. The Morgan fingerprint density at radius 3 is 1.00 bits per heavy atom. The summed E-state index contributed by atoms with van der Waals surface area (Å²) in [6, 6.07) is 0. The lowest BCUT2D eigenvalue weighted by Crippen LogP contribution is -2.42. The van der Waals surface area contributed by atoms with E-state index >= 15 is 0 Å². The van der Waals surface area contributed by atoms with Crippen molar-refractivity contribution in [2.75, 3.05) is 0 Å². The molecule has 0 bridgehead atoms. The van der Waals surface area contributed by atoms with Crippen molar-refractivity contribution < 1.29 is 56.7 Å². The normalized spacial score (nSPS) is 7.05. The van der Waals surface area contributed by atoms with E-state index in [2.05, 4.69) is 0 Å². The van der Waals surface area contributed by atoms with Crippen LogP contribution in [0.5, 0.6) is 0 Å². The van der Waals surface area contributed by atoms with Crippen molar-refractivity contribution in [3.63, 3.8) is 0 Å². The molecule has 0 radical (unpaired) electrons. The second-order valence-corrected chi connectivity index (χ2v) is 2.48. The van der Waals surface area contributed by atoms with E-state index in [9.17, 15) is 14.4 Å². The first-order chi connectivity index (χ1) is 5.78. The molecule has 0 amide bonds. The minimum atomic E-state index is -2.74. The SMILES string of the molecule is N.N.N.O.O.O.O.O=C(O)CC(O)(CC(=O)O)C(=O)O. The highest BCUT2D eigenvalue weighted by atomic mass is 16.4. The molecule has 0 aliphatic rings. The number of aliphatic hydroxyl groups is 1. The molecule has 0 aromatic carbocycles. The van der Waals surface area contributed by atoms with Gasteiger partial charge in [-0.15, -0.1) is 0 Å². The summed E-state index contributed by atoms with van der Waals surface area (Å²) in [5, 5.41) is 33.8. The summed E-state index contributed by atoms with van der Waals surface area (Å²) >= 11 is 0. The smallest absolute Gasteiger partial charge is 0.336 e.